The first kappa shape index (κ1) is 13.1. The van der Waals surface area contributed by atoms with Gasteiger partial charge in [0, 0.05) is 5.02 Å². The molecule has 0 atom stereocenters. The van der Waals surface area contributed by atoms with E-state index in [0.29, 0.717) is 10.7 Å². The number of hydrogen-bond donors (Lipinski definition) is 1. The van der Waals surface area contributed by atoms with Crippen molar-refractivity contribution in [2.75, 3.05) is 7.11 Å². The number of nitrogens with zero attached hydrogens (tertiary/aromatic N) is 2. The largest absolute Gasteiger partial charge is 0.305 e. The molecular weight excluding hydrogens is 246 g/mol. The summed E-state index contributed by atoms with van der Waals surface area (Å²) in [6.07, 6.45) is 2.22. The number of allylic oxidation sites excluding steroid dienone is 1. The molecule has 0 amide bonds. The normalized spacial score (nSPS) is 11.8. The third kappa shape index (κ3) is 4.62. The van der Waals surface area contributed by atoms with Crippen molar-refractivity contribution in [1.29, 1.82) is 0 Å². The van der Waals surface area contributed by atoms with Gasteiger partial charge in [-0.3, -0.25) is 20.4 Å². The van der Waals surface area contributed by atoms with E-state index in [9.17, 15) is 10.1 Å². The van der Waals surface area contributed by atoms with Crippen molar-refractivity contribution in [3.8, 4) is 0 Å². The number of nitro groups is 1. The summed E-state index contributed by atoms with van der Waals surface area (Å²) >= 11 is 5.70. The monoisotopic (exact) mass is 255 g/mol. The van der Waals surface area contributed by atoms with Gasteiger partial charge in [0.1, 0.15) is 12.4 Å². The van der Waals surface area contributed by atoms with E-state index in [2.05, 4.69) is 15.3 Å². The molecule has 0 fully saturated rings. The molecule has 0 saturated heterocycles. The zero-order valence-electron chi connectivity index (χ0n) is 8.96. The second kappa shape index (κ2) is 6.62. The molecule has 0 aliphatic heterocycles. The second-order valence-corrected chi connectivity index (χ2v) is 3.32. The molecule has 1 N–H and O–H groups in total. The summed E-state index contributed by atoms with van der Waals surface area (Å²) in [7, 11) is 1.35. The lowest BCUT2D eigenvalue weighted by atomic mass is 10.3. The van der Waals surface area contributed by atoms with Gasteiger partial charge in [0.15, 0.2) is 0 Å². The first-order valence-corrected chi connectivity index (χ1v) is 4.94. The lowest BCUT2D eigenvalue weighted by molar-refractivity contribution is -0.415. The molecule has 0 bridgehead atoms. The van der Waals surface area contributed by atoms with Crippen molar-refractivity contribution >= 4 is 23.5 Å². The molecule has 1 aromatic carbocycles. The predicted molar refractivity (Wildman–Crippen MR) is 64.8 cm³/mol. The van der Waals surface area contributed by atoms with Crippen LogP contribution in [0.25, 0.3) is 0 Å². The van der Waals surface area contributed by atoms with Gasteiger partial charge in [0.2, 0.25) is 0 Å². The number of rotatable bonds is 5. The molecule has 0 radical (unpaired) electrons. The van der Waals surface area contributed by atoms with Crippen molar-refractivity contribution in [3.05, 3.63) is 51.3 Å². The number of aliphatic imine (C=N–C) groups is 1. The van der Waals surface area contributed by atoms with Crippen LogP contribution in [0.15, 0.2) is 41.2 Å². The smallest absolute Gasteiger partial charge is 0.280 e. The molecule has 0 aliphatic carbocycles. The van der Waals surface area contributed by atoms with Crippen molar-refractivity contribution in [2.45, 2.75) is 0 Å². The zero-order valence-corrected chi connectivity index (χ0v) is 9.72. The van der Waals surface area contributed by atoms with Gasteiger partial charge in [0.05, 0.1) is 17.7 Å². The van der Waals surface area contributed by atoms with Crippen LogP contribution < -0.4 is 5.48 Å². The Hall–Kier alpha value is -1.92. The van der Waals surface area contributed by atoms with Crippen LogP contribution >= 0.6 is 11.6 Å². The van der Waals surface area contributed by atoms with Gasteiger partial charge in [-0.25, -0.2) is 4.99 Å². The number of hydroxylamine groups is 1. The molecule has 0 aliphatic rings. The van der Waals surface area contributed by atoms with Crippen LogP contribution in [-0.2, 0) is 4.84 Å². The molecular formula is C10H10ClN3O3. The maximum atomic E-state index is 10.6. The highest BCUT2D eigenvalue weighted by Gasteiger charge is 2.06. The first-order valence-electron chi connectivity index (χ1n) is 4.56. The van der Waals surface area contributed by atoms with E-state index < -0.39 is 4.92 Å². The third-order valence-electron chi connectivity index (χ3n) is 1.71. The van der Waals surface area contributed by atoms with E-state index in [4.69, 9.17) is 11.6 Å². The molecule has 0 aromatic heterocycles. The zero-order chi connectivity index (χ0) is 12.7. The number of benzene rings is 1. The molecule has 17 heavy (non-hydrogen) atoms. The Morgan fingerprint density at radius 2 is 2.18 bits per heavy atom. The fraction of sp³-hybridized carbons (Fsp3) is 0.100. The Labute approximate surface area is 103 Å². The average Bonchev–Trinajstić information content (AvgIpc) is 2.31. The van der Waals surface area contributed by atoms with E-state index in [1.807, 2.05) is 0 Å². The minimum absolute atomic E-state index is 0.221. The summed E-state index contributed by atoms with van der Waals surface area (Å²) in [5.41, 5.74) is 2.61. The molecule has 0 unspecified atom stereocenters. The molecule has 7 heteroatoms. The third-order valence-corrected chi connectivity index (χ3v) is 1.96. The molecule has 90 valence electrons. The maximum Gasteiger partial charge on any atom is 0.305 e. The van der Waals surface area contributed by atoms with Crippen LogP contribution in [0.2, 0.25) is 5.02 Å². The van der Waals surface area contributed by atoms with Crippen LogP contribution in [-0.4, -0.2) is 18.2 Å². The Balaban J connectivity index is 2.79. The minimum Gasteiger partial charge on any atom is -0.280 e. The van der Waals surface area contributed by atoms with Gasteiger partial charge in [0.25, 0.3) is 0 Å². The first-order chi connectivity index (χ1) is 8.13. The van der Waals surface area contributed by atoms with Gasteiger partial charge in [-0.05, 0) is 24.3 Å². The minimum atomic E-state index is -0.578. The molecule has 1 aromatic rings. The molecule has 0 saturated carbocycles. The Bertz CT molecular complexity index is 443. The highest BCUT2D eigenvalue weighted by molar-refractivity contribution is 6.30. The van der Waals surface area contributed by atoms with Gasteiger partial charge in [-0.2, -0.15) is 0 Å². The van der Waals surface area contributed by atoms with Crippen molar-refractivity contribution < 1.29 is 9.76 Å². The van der Waals surface area contributed by atoms with Gasteiger partial charge in [-0.1, -0.05) is 11.6 Å². The molecule has 6 nitrogen and oxygen atoms in total. The van der Waals surface area contributed by atoms with E-state index in [1.165, 1.54) is 7.11 Å². The van der Waals surface area contributed by atoms with Crippen LogP contribution in [0.5, 0.6) is 0 Å². The molecule has 0 heterocycles. The summed E-state index contributed by atoms with van der Waals surface area (Å²) in [4.78, 5) is 18.4. The van der Waals surface area contributed by atoms with Crippen molar-refractivity contribution in [2.24, 2.45) is 4.99 Å². The lowest BCUT2D eigenvalue weighted by Crippen LogP contribution is -2.08. The number of nitrogens with one attached hydrogen (secondary N) is 1. The summed E-state index contributed by atoms with van der Waals surface area (Å²) in [5.74, 6) is 0. The summed E-state index contributed by atoms with van der Waals surface area (Å²) < 4.78 is 0. The second-order valence-electron chi connectivity index (χ2n) is 2.88. The van der Waals surface area contributed by atoms with E-state index in [0.717, 1.165) is 12.4 Å². The van der Waals surface area contributed by atoms with Crippen molar-refractivity contribution in [3.63, 3.8) is 0 Å². The summed E-state index contributed by atoms with van der Waals surface area (Å²) in [6, 6.07) is 6.61. The lowest BCUT2D eigenvalue weighted by Gasteiger charge is -1.95. The number of halogens is 1. The van der Waals surface area contributed by atoms with Crippen LogP contribution in [0.4, 0.5) is 5.69 Å². The Kier molecular flexibility index (Phi) is 5.12. The predicted octanol–water partition coefficient (Wildman–Crippen LogP) is 2.31. The SMILES string of the molecule is CON/C=C(\C=Nc1ccc(Cl)cc1)[N+](=O)[O-]. The van der Waals surface area contributed by atoms with E-state index in [1.54, 1.807) is 24.3 Å². The molecule has 1 rings (SSSR count). The summed E-state index contributed by atoms with van der Waals surface area (Å²) in [5, 5.41) is 11.2. The van der Waals surface area contributed by atoms with Crippen LogP contribution in [0.3, 0.4) is 0 Å². The summed E-state index contributed by atoms with van der Waals surface area (Å²) in [6.45, 7) is 0. The molecule has 0 spiro atoms. The van der Waals surface area contributed by atoms with Gasteiger partial charge in [-0.15, -0.1) is 0 Å². The number of hydrogen-bond acceptors (Lipinski definition) is 5. The standard InChI is InChI=1S/C10H10ClN3O3/c1-17-13-7-10(14(15)16)6-12-9-4-2-8(11)3-5-9/h2-7,13H,1H3/b10-7+,12-6?. The quantitative estimate of drug-likeness (QED) is 0.498. The maximum absolute atomic E-state index is 10.6. The Morgan fingerprint density at radius 1 is 1.53 bits per heavy atom. The average molecular weight is 256 g/mol. The highest BCUT2D eigenvalue weighted by atomic mass is 35.5. The van der Waals surface area contributed by atoms with Gasteiger partial charge >= 0.3 is 5.70 Å². The topological polar surface area (TPSA) is 76.8 Å². The van der Waals surface area contributed by atoms with E-state index >= 15 is 0 Å². The fourth-order valence-corrected chi connectivity index (χ4v) is 1.05. The highest BCUT2D eigenvalue weighted by Crippen LogP contribution is 2.15. The Morgan fingerprint density at radius 3 is 2.71 bits per heavy atom. The van der Waals surface area contributed by atoms with Crippen LogP contribution in [0.1, 0.15) is 0 Å². The van der Waals surface area contributed by atoms with Crippen molar-refractivity contribution in [1.82, 2.24) is 5.48 Å². The van der Waals surface area contributed by atoms with Crippen LogP contribution in [0, 0.1) is 10.1 Å². The van der Waals surface area contributed by atoms with E-state index in [-0.39, 0.29) is 5.70 Å². The fourth-order valence-electron chi connectivity index (χ4n) is 0.924. The van der Waals surface area contributed by atoms with Gasteiger partial charge < -0.3 is 0 Å².